The van der Waals surface area contributed by atoms with Crippen LogP contribution in [-0.2, 0) is 11.2 Å². The van der Waals surface area contributed by atoms with Gasteiger partial charge in [-0.1, -0.05) is 18.2 Å². The van der Waals surface area contributed by atoms with Crippen LogP contribution in [0.3, 0.4) is 0 Å². The minimum absolute atomic E-state index is 0.604. The Morgan fingerprint density at radius 2 is 2.04 bits per heavy atom. The highest BCUT2D eigenvalue weighted by Crippen LogP contribution is 2.18. The van der Waals surface area contributed by atoms with Gasteiger partial charge in [-0.15, -0.1) is 5.10 Å². The van der Waals surface area contributed by atoms with Gasteiger partial charge in [0, 0.05) is 49.8 Å². The second kappa shape index (κ2) is 7.38. The molecule has 8 heteroatoms. The molecule has 0 radical (unpaired) electrons. The van der Waals surface area contributed by atoms with Gasteiger partial charge in [-0.3, -0.25) is 4.79 Å². The van der Waals surface area contributed by atoms with Crippen LogP contribution in [0.15, 0.2) is 36.7 Å². The van der Waals surface area contributed by atoms with Gasteiger partial charge in [0.2, 0.25) is 12.4 Å². The van der Waals surface area contributed by atoms with Gasteiger partial charge in [0.15, 0.2) is 5.82 Å². The van der Waals surface area contributed by atoms with E-state index < -0.39 is 0 Å². The Kier molecular flexibility index (Phi) is 4.63. The second-order valence-corrected chi connectivity index (χ2v) is 6.31. The Hall–Kier alpha value is -3.16. The number of aromatic nitrogens is 4. The fourth-order valence-electron chi connectivity index (χ4n) is 3.20. The number of piperazine rings is 1. The molecule has 1 fully saturated rings. The molecule has 134 valence electrons. The summed E-state index contributed by atoms with van der Waals surface area (Å²) in [7, 11) is 0. The maximum absolute atomic E-state index is 10.8. The molecule has 3 heterocycles. The van der Waals surface area contributed by atoms with Crippen LogP contribution < -0.4 is 10.2 Å². The van der Waals surface area contributed by atoms with Crippen molar-refractivity contribution in [2.45, 2.75) is 6.42 Å². The number of hydrogen-bond acceptors (Lipinski definition) is 6. The van der Waals surface area contributed by atoms with E-state index in [4.69, 9.17) is 0 Å². The summed E-state index contributed by atoms with van der Waals surface area (Å²) < 4.78 is 0. The number of nitrogens with one attached hydrogen (secondary N) is 2. The fourth-order valence-corrected chi connectivity index (χ4v) is 3.20. The molecule has 3 aromatic rings. The fraction of sp³-hybridized carbons (Fsp3) is 0.333. The smallest absolute Gasteiger partial charge is 0.247 e. The summed E-state index contributed by atoms with van der Waals surface area (Å²) in [6.45, 7) is 3.58. The van der Waals surface area contributed by atoms with Crippen LogP contribution in [0, 0.1) is 0 Å². The van der Waals surface area contributed by atoms with Crippen molar-refractivity contribution in [3.63, 3.8) is 0 Å². The maximum atomic E-state index is 10.8. The number of aromatic amines is 1. The van der Waals surface area contributed by atoms with E-state index in [-0.39, 0.29) is 0 Å². The van der Waals surface area contributed by atoms with Crippen molar-refractivity contribution in [2.75, 3.05) is 42.9 Å². The molecular formula is C18H21N7O. The van der Waals surface area contributed by atoms with Gasteiger partial charge >= 0.3 is 0 Å². The molecule has 1 aliphatic heterocycles. The van der Waals surface area contributed by atoms with Crippen molar-refractivity contribution >= 4 is 29.1 Å². The molecule has 0 aliphatic carbocycles. The highest BCUT2D eigenvalue weighted by molar-refractivity contribution is 5.83. The Bertz CT molecular complexity index is 886. The predicted molar refractivity (Wildman–Crippen MR) is 100 cm³/mol. The van der Waals surface area contributed by atoms with Crippen LogP contribution in [-0.4, -0.2) is 64.2 Å². The molecule has 1 aliphatic rings. The number of benzene rings is 1. The first kappa shape index (κ1) is 16.3. The van der Waals surface area contributed by atoms with Crippen molar-refractivity contribution in [2.24, 2.45) is 0 Å². The molecule has 0 spiro atoms. The summed E-state index contributed by atoms with van der Waals surface area (Å²) in [4.78, 5) is 22.5. The third-order valence-corrected chi connectivity index (χ3v) is 4.67. The molecule has 26 heavy (non-hydrogen) atoms. The largest absolute Gasteiger partial charge is 0.368 e. The topological polar surface area (TPSA) is 90.0 Å². The van der Waals surface area contributed by atoms with Crippen LogP contribution >= 0.6 is 0 Å². The molecule has 8 nitrogen and oxygen atoms in total. The first-order valence-corrected chi connectivity index (χ1v) is 8.76. The van der Waals surface area contributed by atoms with E-state index >= 15 is 0 Å². The lowest BCUT2D eigenvalue weighted by Gasteiger charge is -2.32. The zero-order valence-corrected chi connectivity index (χ0v) is 14.4. The highest BCUT2D eigenvalue weighted by atomic mass is 16.1. The third-order valence-electron chi connectivity index (χ3n) is 4.67. The van der Waals surface area contributed by atoms with Crippen molar-refractivity contribution in [3.05, 3.63) is 42.2 Å². The lowest BCUT2D eigenvalue weighted by molar-refractivity contribution is -0.118. The number of H-pyrrole nitrogens is 1. The number of amides is 1. The van der Waals surface area contributed by atoms with E-state index in [2.05, 4.69) is 54.8 Å². The number of hydrogen-bond donors (Lipinski definition) is 2. The van der Waals surface area contributed by atoms with Crippen LogP contribution in [0.25, 0.3) is 10.9 Å². The predicted octanol–water partition coefficient (Wildman–Crippen LogP) is 1.29. The molecule has 0 atom stereocenters. The molecule has 0 saturated carbocycles. The van der Waals surface area contributed by atoms with Gasteiger partial charge in [-0.05, 0) is 18.1 Å². The van der Waals surface area contributed by atoms with Gasteiger partial charge < -0.3 is 20.1 Å². The number of nitrogens with zero attached hydrogens (tertiary/aromatic N) is 5. The van der Waals surface area contributed by atoms with Crippen LogP contribution in [0.5, 0.6) is 0 Å². The summed E-state index contributed by atoms with van der Waals surface area (Å²) in [5.74, 6) is 1.32. The number of fused-ring (bicyclic) bond motifs is 1. The minimum atomic E-state index is 0.604. The molecule has 1 amide bonds. The Balaban J connectivity index is 1.36. The van der Waals surface area contributed by atoms with Crippen molar-refractivity contribution in [1.82, 2.24) is 25.1 Å². The lowest BCUT2D eigenvalue weighted by atomic mass is 10.1. The van der Waals surface area contributed by atoms with Crippen molar-refractivity contribution in [1.29, 1.82) is 0 Å². The van der Waals surface area contributed by atoms with E-state index in [0.717, 1.165) is 38.0 Å². The SMILES string of the molecule is O=CN1CCN(c2nncc(NCCc3c[nH]c4ccccc34)n2)CC1. The Morgan fingerprint density at radius 3 is 2.88 bits per heavy atom. The van der Waals surface area contributed by atoms with E-state index in [9.17, 15) is 4.79 Å². The number of para-hydroxylation sites is 1. The molecule has 1 aromatic carbocycles. The summed E-state index contributed by atoms with van der Waals surface area (Å²) >= 11 is 0. The third kappa shape index (κ3) is 3.44. The summed E-state index contributed by atoms with van der Waals surface area (Å²) in [6, 6.07) is 8.30. The zero-order valence-electron chi connectivity index (χ0n) is 14.4. The average Bonchev–Trinajstić information content (AvgIpc) is 3.12. The standard InChI is InChI=1S/C18H21N7O/c26-13-24-7-9-25(10-8-24)18-22-17(12-21-23-18)19-6-5-14-11-20-16-4-2-1-3-15(14)16/h1-4,11-13,20H,5-10H2,(H,19,22,23). The Labute approximate surface area is 151 Å². The quantitative estimate of drug-likeness (QED) is 0.651. The summed E-state index contributed by atoms with van der Waals surface area (Å²) in [6.07, 6.45) is 5.48. The average molecular weight is 351 g/mol. The normalized spacial score (nSPS) is 14.6. The van der Waals surface area contributed by atoms with Gasteiger partial charge in [0.25, 0.3) is 0 Å². The second-order valence-electron chi connectivity index (χ2n) is 6.31. The van der Waals surface area contributed by atoms with Gasteiger partial charge in [0.1, 0.15) is 0 Å². The summed E-state index contributed by atoms with van der Waals surface area (Å²) in [5, 5.41) is 12.8. The monoisotopic (exact) mass is 351 g/mol. The van der Waals surface area contributed by atoms with E-state index in [0.29, 0.717) is 24.9 Å². The Morgan fingerprint density at radius 1 is 1.19 bits per heavy atom. The van der Waals surface area contributed by atoms with Gasteiger partial charge in [0.05, 0.1) is 6.20 Å². The van der Waals surface area contributed by atoms with E-state index in [1.807, 2.05) is 6.07 Å². The maximum Gasteiger partial charge on any atom is 0.247 e. The lowest BCUT2D eigenvalue weighted by Crippen LogP contribution is -2.46. The minimum Gasteiger partial charge on any atom is -0.368 e. The first-order chi connectivity index (χ1) is 12.8. The van der Waals surface area contributed by atoms with Crippen molar-refractivity contribution < 1.29 is 4.79 Å². The zero-order chi connectivity index (χ0) is 17.8. The van der Waals surface area contributed by atoms with Crippen LogP contribution in [0.2, 0.25) is 0 Å². The summed E-state index contributed by atoms with van der Waals surface area (Å²) in [5.41, 5.74) is 2.43. The molecule has 0 unspecified atom stereocenters. The van der Waals surface area contributed by atoms with Crippen molar-refractivity contribution in [3.8, 4) is 0 Å². The van der Waals surface area contributed by atoms with Crippen LogP contribution in [0.4, 0.5) is 11.8 Å². The van der Waals surface area contributed by atoms with Gasteiger partial charge in [-0.25, -0.2) is 0 Å². The number of anilines is 2. The van der Waals surface area contributed by atoms with E-state index in [1.165, 1.54) is 10.9 Å². The van der Waals surface area contributed by atoms with Gasteiger partial charge in [-0.2, -0.15) is 10.1 Å². The molecule has 2 N–H and O–H groups in total. The number of carbonyl (C=O) groups is 1. The van der Waals surface area contributed by atoms with E-state index in [1.54, 1.807) is 11.1 Å². The van der Waals surface area contributed by atoms with Crippen LogP contribution in [0.1, 0.15) is 5.56 Å². The molecule has 1 saturated heterocycles. The molecule has 2 aromatic heterocycles. The molecule has 4 rings (SSSR count). The number of carbonyl (C=O) groups excluding carboxylic acids is 1. The number of rotatable bonds is 6. The highest BCUT2D eigenvalue weighted by Gasteiger charge is 2.18. The first-order valence-electron chi connectivity index (χ1n) is 8.76. The molecule has 0 bridgehead atoms. The molecular weight excluding hydrogens is 330 g/mol.